The number of carbonyl (C=O) groups excluding carboxylic acids is 1. The molecule has 0 fully saturated rings. The second-order valence-corrected chi connectivity index (χ2v) is 4.45. The zero-order valence-corrected chi connectivity index (χ0v) is 11.3. The SMILES string of the molecule is CCN(C)c1ccc(C(=O)NCCC(C)O)cc1. The molecule has 0 bridgehead atoms. The molecule has 100 valence electrons. The summed E-state index contributed by atoms with van der Waals surface area (Å²) >= 11 is 0. The highest BCUT2D eigenvalue weighted by Gasteiger charge is 2.06. The fraction of sp³-hybridized carbons (Fsp3) is 0.500. The number of carbonyl (C=O) groups is 1. The minimum atomic E-state index is -0.383. The van der Waals surface area contributed by atoms with Crippen LogP contribution in [0.4, 0.5) is 5.69 Å². The normalized spacial score (nSPS) is 12.0. The lowest BCUT2D eigenvalue weighted by Gasteiger charge is -2.16. The molecule has 18 heavy (non-hydrogen) atoms. The van der Waals surface area contributed by atoms with Gasteiger partial charge in [-0.05, 0) is 44.5 Å². The largest absolute Gasteiger partial charge is 0.393 e. The smallest absolute Gasteiger partial charge is 0.251 e. The number of aliphatic hydroxyl groups excluding tert-OH is 1. The molecule has 4 heteroatoms. The monoisotopic (exact) mass is 250 g/mol. The summed E-state index contributed by atoms with van der Waals surface area (Å²) in [5, 5.41) is 11.9. The maximum Gasteiger partial charge on any atom is 0.251 e. The van der Waals surface area contributed by atoms with Crippen LogP contribution in [0.5, 0.6) is 0 Å². The van der Waals surface area contributed by atoms with Gasteiger partial charge in [-0.2, -0.15) is 0 Å². The Morgan fingerprint density at radius 3 is 2.50 bits per heavy atom. The Kier molecular flexibility index (Phi) is 5.65. The molecule has 0 aromatic heterocycles. The van der Waals surface area contributed by atoms with Crippen molar-refractivity contribution in [1.82, 2.24) is 5.32 Å². The van der Waals surface area contributed by atoms with E-state index in [0.717, 1.165) is 12.2 Å². The van der Waals surface area contributed by atoms with Crippen LogP contribution in [0.3, 0.4) is 0 Å². The van der Waals surface area contributed by atoms with Gasteiger partial charge in [0, 0.05) is 31.4 Å². The van der Waals surface area contributed by atoms with Crippen LogP contribution in [-0.4, -0.2) is 37.3 Å². The molecule has 1 amide bonds. The van der Waals surface area contributed by atoms with Crippen LogP contribution in [0.2, 0.25) is 0 Å². The Bertz CT molecular complexity index is 374. The lowest BCUT2D eigenvalue weighted by Crippen LogP contribution is -2.26. The maximum absolute atomic E-state index is 11.8. The molecule has 0 aliphatic heterocycles. The molecule has 1 rings (SSSR count). The molecular weight excluding hydrogens is 228 g/mol. The highest BCUT2D eigenvalue weighted by atomic mass is 16.3. The number of hydrogen-bond acceptors (Lipinski definition) is 3. The Labute approximate surface area is 109 Å². The second kappa shape index (κ2) is 7.01. The van der Waals surface area contributed by atoms with Crippen LogP contribution >= 0.6 is 0 Å². The van der Waals surface area contributed by atoms with Crippen molar-refractivity contribution in [3.63, 3.8) is 0 Å². The van der Waals surface area contributed by atoms with Gasteiger partial charge < -0.3 is 15.3 Å². The molecular formula is C14H22N2O2. The van der Waals surface area contributed by atoms with E-state index in [4.69, 9.17) is 5.11 Å². The van der Waals surface area contributed by atoms with Crippen LogP contribution < -0.4 is 10.2 Å². The minimum Gasteiger partial charge on any atom is -0.393 e. The fourth-order valence-corrected chi connectivity index (χ4v) is 1.55. The number of nitrogens with one attached hydrogen (secondary N) is 1. The third kappa shape index (κ3) is 4.37. The first-order valence-corrected chi connectivity index (χ1v) is 6.32. The van der Waals surface area contributed by atoms with Gasteiger partial charge in [-0.25, -0.2) is 0 Å². The number of benzene rings is 1. The molecule has 0 aliphatic carbocycles. The van der Waals surface area contributed by atoms with Gasteiger partial charge in [0.2, 0.25) is 0 Å². The molecule has 1 atom stereocenters. The lowest BCUT2D eigenvalue weighted by atomic mass is 10.2. The third-order valence-corrected chi connectivity index (χ3v) is 2.89. The van der Waals surface area contributed by atoms with Crippen molar-refractivity contribution in [3.05, 3.63) is 29.8 Å². The second-order valence-electron chi connectivity index (χ2n) is 4.45. The van der Waals surface area contributed by atoms with E-state index in [1.54, 1.807) is 6.92 Å². The standard InChI is InChI=1S/C14H22N2O2/c1-4-16(3)13-7-5-12(6-8-13)14(18)15-10-9-11(2)17/h5-8,11,17H,4,9-10H2,1-3H3,(H,15,18). The first kappa shape index (κ1) is 14.5. The molecule has 1 unspecified atom stereocenters. The van der Waals surface area contributed by atoms with Crippen molar-refractivity contribution in [1.29, 1.82) is 0 Å². The molecule has 0 heterocycles. The van der Waals surface area contributed by atoms with E-state index in [2.05, 4.69) is 17.1 Å². The van der Waals surface area contributed by atoms with Gasteiger partial charge in [0.05, 0.1) is 6.10 Å². The van der Waals surface area contributed by atoms with E-state index in [-0.39, 0.29) is 12.0 Å². The van der Waals surface area contributed by atoms with Crippen LogP contribution in [0.25, 0.3) is 0 Å². The molecule has 0 aliphatic rings. The number of rotatable bonds is 6. The molecule has 1 aromatic rings. The topological polar surface area (TPSA) is 52.6 Å². The summed E-state index contributed by atoms with van der Waals surface area (Å²) in [6, 6.07) is 7.51. The molecule has 0 spiro atoms. The van der Waals surface area contributed by atoms with Gasteiger partial charge in [0.15, 0.2) is 0 Å². The van der Waals surface area contributed by atoms with Gasteiger partial charge in [-0.1, -0.05) is 0 Å². The minimum absolute atomic E-state index is 0.0960. The van der Waals surface area contributed by atoms with Crippen LogP contribution in [-0.2, 0) is 0 Å². The maximum atomic E-state index is 11.8. The third-order valence-electron chi connectivity index (χ3n) is 2.89. The first-order valence-electron chi connectivity index (χ1n) is 6.32. The summed E-state index contributed by atoms with van der Waals surface area (Å²) in [6.07, 6.45) is 0.188. The van der Waals surface area contributed by atoms with Crippen LogP contribution in [0.15, 0.2) is 24.3 Å². The van der Waals surface area contributed by atoms with Gasteiger partial charge in [0.25, 0.3) is 5.91 Å². The first-order chi connectivity index (χ1) is 8.54. The van der Waals surface area contributed by atoms with Gasteiger partial charge in [-0.15, -0.1) is 0 Å². The number of hydrogen-bond donors (Lipinski definition) is 2. The molecule has 0 saturated heterocycles. The predicted octanol–water partition coefficient (Wildman–Crippen LogP) is 1.64. The predicted molar refractivity (Wildman–Crippen MR) is 74.0 cm³/mol. The summed E-state index contributed by atoms with van der Waals surface area (Å²) in [7, 11) is 2.01. The average molecular weight is 250 g/mol. The van der Waals surface area contributed by atoms with E-state index in [9.17, 15) is 4.79 Å². The van der Waals surface area contributed by atoms with Crippen LogP contribution in [0, 0.1) is 0 Å². The van der Waals surface area contributed by atoms with E-state index in [1.807, 2.05) is 31.3 Å². The summed E-state index contributed by atoms with van der Waals surface area (Å²) < 4.78 is 0. The quantitative estimate of drug-likeness (QED) is 0.807. The summed E-state index contributed by atoms with van der Waals surface area (Å²) in [5.74, 6) is -0.0960. The van der Waals surface area contributed by atoms with Crippen molar-refractivity contribution in [2.75, 3.05) is 25.0 Å². The number of aliphatic hydroxyl groups is 1. The van der Waals surface area contributed by atoms with Gasteiger partial charge in [-0.3, -0.25) is 4.79 Å². The Hall–Kier alpha value is -1.55. The number of amides is 1. The van der Waals surface area contributed by atoms with Crippen molar-refractivity contribution in [2.45, 2.75) is 26.4 Å². The molecule has 2 N–H and O–H groups in total. The number of nitrogens with zero attached hydrogens (tertiary/aromatic N) is 1. The summed E-state index contributed by atoms with van der Waals surface area (Å²) in [4.78, 5) is 13.9. The van der Waals surface area contributed by atoms with Gasteiger partial charge >= 0.3 is 0 Å². The molecule has 4 nitrogen and oxygen atoms in total. The van der Waals surface area contributed by atoms with E-state index in [1.165, 1.54) is 0 Å². The van der Waals surface area contributed by atoms with E-state index < -0.39 is 0 Å². The molecule has 1 aromatic carbocycles. The lowest BCUT2D eigenvalue weighted by molar-refractivity contribution is 0.0945. The molecule has 0 radical (unpaired) electrons. The van der Waals surface area contributed by atoms with Crippen molar-refractivity contribution in [3.8, 4) is 0 Å². The summed E-state index contributed by atoms with van der Waals surface area (Å²) in [6.45, 7) is 5.21. The van der Waals surface area contributed by atoms with Crippen molar-refractivity contribution in [2.24, 2.45) is 0 Å². The Morgan fingerprint density at radius 2 is 2.00 bits per heavy atom. The van der Waals surface area contributed by atoms with Gasteiger partial charge in [0.1, 0.15) is 0 Å². The van der Waals surface area contributed by atoms with E-state index in [0.29, 0.717) is 18.5 Å². The van der Waals surface area contributed by atoms with Crippen molar-refractivity contribution >= 4 is 11.6 Å². The number of anilines is 1. The van der Waals surface area contributed by atoms with Crippen LogP contribution in [0.1, 0.15) is 30.6 Å². The highest BCUT2D eigenvalue weighted by molar-refractivity contribution is 5.94. The molecule has 0 saturated carbocycles. The average Bonchev–Trinajstić information content (AvgIpc) is 2.37. The summed E-state index contributed by atoms with van der Waals surface area (Å²) in [5.41, 5.74) is 1.74. The van der Waals surface area contributed by atoms with E-state index >= 15 is 0 Å². The zero-order chi connectivity index (χ0) is 13.5. The van der Waals surface area contributed by atoms with Crippen molar-refractivity contribution < 1.29 is 9.90 Å². The highest BCUT2D eigenvalue weighted by Crippen LogP contribution is 2.13. The zero-order valence-electron chi connectivity index (χ0n) is 11.3. The fourth-order valence-electron chi connectivity index (χ4n) is 1.55. The Balaban J connectivity index is 2.54. The Morgan fingerprint density at radius 1 is 1.39 bits per heavy atom.